The van der Waals surface area contributed by atoms with E-state index in [4.69, 9.17) is 9.47 Å². The topological polar surface area (TPSA) is 63.4 Å². The van der Waals surface area contributed by atoms with Gasteiger partial charge in [-0.05, 0) is 43.3 Å². The molecule has 130 valence electrons. The van der Waals surface area contributed by atoms with Gasteiger partial charge in [0.25, 0.3) is 0 Å². The van der Waals surface area contributed by atoms with Gasteiger partial charge >= 0.3 is 5.97 Å². The van der Waals surface area contributed by atoms with E-state index in [0.717, 1.165) is 32.4 Å². The Balaban J connectivity index is 2.00. The smallest absolute Gasteiger partial charge is 0.333 e. The predicted octanol–water partition coefficient (Wildman–Crippen LogP) is 4.66. The molecule has 5 nitrogen and oxygen atoms in total. The van der Waals surface area contributed by atoms with Crippen molar-refractivity contribution in [3.8, 4) is 5.75 Å². The summed E-state index contributed by atoms with van der Waals surface area (Å²) in [5.41, 5.74) is 2.59. The van der Waals surface area contributed by atoms with Crippen molar-refractivity contribution in [3.63, 3.8) is 0 Å². The molecule has 0 aliphatic rings. The predicted molar refractivity (Wildman–Crippen MR) is 102 cm³/mol. The second-order valence-corrected chi connectivity index (χ2v) is 6.32. The number of aromatic nitrogens is 1. The number of halogens is 1. The van der Waals surface area contributed by atoms with Crippen molar-refractivity contribution < 1.29 is 14.3 Å². The summed E-state index contributed by atoms with van der Waals surface area (Å²) >= 11 is 3.57. The number of esters is 1. The molecule has 0 radical (unpaired) electrons. The molecule has 3 aromatic rings. The molecular formula is C19H19BrN2O3. The van der Waals surface area contributed by atoms with E-state index in [1.165, 1.54) is 0 Å². The van der Waals surface area contributed by atoms with Gasteiger partial charge in [-0.25, -0.2) is 4.79 Å². The number of fused-ring (bicyclic) bond motifs is 1. The lowest BCUT2D eigenvalue weighted by Gasteiger charge is -2.18. The van der Waals surface area contributed by atoms with Crippen molar-refractivity contribution >= 4 is 38.5 Å². The van der Waals surface area contributed by atoms with Crippen LogP contribution in [0.1, 0.15) is 18.5 Å². The molecule has 0 aliphatic heterocycles. The third-order valence-electron chi connectivity index (χ3n) is 3.92. The Bertz CT molecular complexity index is 874. The minimum atomic E-state index is -0.624. The van der Waals surface area contributed by atoms with Crippen molar-refractivity contribution in [3.05, 3.63) is 58.7 Å². The number of ether oxygens (including phenoxy) is 2. The van der Waals surface area contributed by atoms with Gasteiger partial charge in [0.2, 0.25) is 0 Å². The lowest BCUT2D eigenvalue weighted by molar-refractivity contribution is -0.144. The number of hydrogen-bond acceptors (Lipinski definition) is 4. The second kappa shape index (κ2) is 7.61. The molecular weight excluding hydrogens is 384 g/mol. The van der Waals surface area contributed by atoms with Crippen molar-refractivity contribution in [2.24, 2.45) is 0 Å². The van der Waals surface area contributed by atoms with Gasteiger partial charge in [0.15, 0.2) is 6.04 Å². The van der Waals surface area contributed by atoms with Crippen LogP contribution >= 0.6 is 15.9 Å². The third-order valence-corrected chi connectivity index (χ3v) is 4.58. The summed E-state index contributed by atoms with van der Waals surface area (Å²) < 4.78 is 11.4. The molecule has 0 fully saturated rings. The highest BCUT2D eigenvalue weighted by Crippen LogP contribution is 2.33. The number of H-pyrrole nitrogens is 1. The van der Waals surface area contributed by atoms with Crippen LogP contribution in [-0.4, -0.2) is 24.7 Å². The molecule has 0 spiro atoms. The molecule has 0 unspecified atom stereocenters. The third kappa shape index (κ3) is 3.64. The number of rotatable bonds is 6. The van der Waals surface area contributed by atoms with Crippen molar-refractivity contribution in [1.82, 2.24) is 4.98 Å². The molecule has 0 bridgehead atoms. The average molecular weight is 403 g/mol. The Morgan fingerprint density at radius 3 is 2.68 bits per heavy atom. The van der Waals surface area contributed by atoms with Gasteiger partial charge in [-0.2, -0.15) is 0 Å². The van der Waals surface area contributed by atoms with E-state index in [1.54, 1.807) is 14.0 Å². The Kier molecular flexibility index (Phi) is 5.28. The summed E-state index contributed by atoms with van der Waals surface area (Å²) in [7, 11) is 1.62. The van der Waals surface area contributed by atoms with E-state index in [9.17, 15) is 4.79 Å². The molecule has 6 heteroatoms. The lowest BCUT2D eigenvalue weighted by atomic mass is 10.1. The van der Waals surface area contributed by atoms with Crippen LogP contribution in [0.5, 0.6) is 5.75 Å². The number of carbonyl (C=O) groups excluding carboxylic acids is 1. The van der Waals surface area contributed by atoms with Crippen LogP contribution in [0.3, 0.4) is 0 Å². The van der Waals surface area contributed by atoms with Crippen LogP contribution in [0.2, 0.25) is 0 Å². The zero-order chi connectivity index (χ0) is 17.8. The van der Waals surface area contributed by atoms with Crippen LogP contribution < -0.4 is 10.1 Å². The van der Waals surface area contributed by atoms with E-state index in [1.807, 2.05) is 48.7 Å². The van der Waals surface area contributed by atoms with Crippen LogP contribution in [0.4, 0.5) is 5.69 Å². The van der Waals surface area contributed by atoms with Crippen molar-refractivity contribution in [1.29, 1.82) is 0 Å². The first-order valence-corrected chi connectivity index (χ1v) is 8.76. The fourth-order valence-electron chi connectivity index (χ4n) is 2.74. The van der Waals surface area contributed by atoms with E-state index < -0.39 is 6.04 Å². The largest absolute Gasteiger partial charge is 0.497 e. The van der Waals surface area contributed by atoms with Gasteiger partial charge in [-0.1, -0.05) is 22.0 Å². The van der Waals surface area contributed by atoms with E-state index in [0.29, 0.717) is 6.61 Å². The molecule has 0 aliphatic carbocycles. The quantitative estimate of drug-likeness (QED) is 0.588. The number of methoxy groups -OCH3 is 1. The lowest BCUT2D eigenvalue weighted by Crippen LogP contribution is -2.23. The molecule has 0 amide bonds. The highest BCUT2D eigenvalue weighted by atomic mass is 79.9. The Morgan fingerprint density at radius 1 is 1.24 bits per heavy atom. The highest BCUT2D eigenvalue weighted by molar-refractivity contribution is 9.10. The summed E-state index contributed by atoms with van der Waals surface area (Å²) in [6, 6.07) is 12.7. The van der Waals surface area contributed by atoms with Gasteiger partial charge < -0.3 is 19.8 Å². The molecule has 2 N–H and O–H groups in total. The molecule has 3 rings (SSSR count). The first kappa shape index (κ1) is 17.4. The van der Waals surface area contributed by atoms with Gasteiger partial charge in [-0.15, -0.1) is 0 Å². The van der Waals surface area contributed by atoms with Crippen LogP contribution in [0, 0.1) is 0 Å². The summed E-state index contributed by atoms with van der Waals surface area (Å²) in [5.74, 6) is 0.433. The maximum absolute atomic E-state index is 12.6. The van der Waals surface area contributed by atoms with E-state index >= 15 is 0 Å². The maximum Gasteiger partial charge on any atom is 0.333 e. The zero-order valence-electron chi connectivity index (χ0n) is 14.0. The standard InChI is InChI=1S/C19H19BrN2O3/c1-3-25-19(23)18(22-12-7-9-13(24-2)10-8-12)14-11-21-16-6-4-5-15(20)17(14)16/h4-11,18,21-22H,3H2,1-2H3/t18-/m0/s1. The number of hydrogen-bond donors (Lipinski definition) is 2. The number of anilines is 1. The minimum Gasteiger partial charge on any atom is -0.497 e. The SMILES string of the molecule is CCOC(=O)[C@@H](Nc1ccc(OC)cc1)c1c[nH]c2cccc(Br)c12. The minimum absolute atomic E-state index is 0.323. The number of aromatic amines is 1. The summed E-state index contributed by atoms with van der Waals surface area (Å²) in [6.07, 6.45) is 1.84. The molecule has 1 atom stereocenters. The summed E-state index contributed by atoms with van der Waals surface area (Å²) in [6.45, 7) is 2.12. The average Bonchev–Trinajstić information content (AvgIpc) is 3.05. The van der Waals surface area contributed by atoms with Crippen LogP contribution in [0.25, 0.3) is 10.9 Å². The molecule has 25 heavy (non-hydrogen) atoms. The fraction of sp³-hybridized carbons (Fsp3) is 0.211. The van der Waals surface area contributed by atoms with Gasteiger partial charge in [0.05, 0.1) is 13.7 Å². The Morgan fingerprint density at radius 2 is 2.00 bits per heavy atom. The molecule has 2 aromatic carbocycles. The van der Waals surface area contributed by atoms with E-state index in [-0.39, 0.29) is 5.97 Å². The number of nitrogens with one attached hydrogen (secondary N) is 2. The van der Waals surface area contributed by atoms with Crippen molar-refractivity contribution in [2.75, 3.05) is 19.0 Å². The number of benzene rings is 2. The normalized spacial score (nSPS) is 12.0. The van der Waals surface area contributed by atoms with Gasteiger partial charge in [0, 0.05) is 32.8 Å². The molecule has 0 saturated carbocycles. The van der Waals surface area contributed by atoms with Crippen LogP contribution in [0.15, 0.2) is 53.1 Å². The Labute approximate surface area is 154 Å². The summed E-state index contributed by atoms with van der Waals surface area (Å²) in [4.78, 5) is 15.8. The zero-order valence-corrected chi connectivity index (χ0v) is 15.6. The van der Waals surface area contributed by atoms with E-state index in [2.05, 4.69) is 26.2 Å². The first-order valence-electron chi connectivity index (χ1n) is 7.96. The molecule has 1 heterocycles. The van der Waals surface area contributed by atoms with Crippen molar-refractivity contribution in [2.45, 2.75) is 13.0 Å². The number of carbonyl (C=O) groups is 1. The van der Waals surface area contributed by atoms with Gasteiger partial charge in [0.1, 0.15) is 5.75 Å². The maximum atomic E-state index is 12.6. The highest BCUT2D eigenvalue weighted by Gasteiger charge is 2.25. The first-order chi connectivity index (χ1) is 12.1. The summed E-state index contributed by atoms with van der Waals surface area (Å²) in [5, 5.41) is 4.23. The monoisotopic (exact) mass is 402 g/mol. The van der Waals surface area contributed by atoms with Crippen LogP contribution in [-0.2, 0) is 9.53 Å². The van der Waals surface area contributed by atoms with Gasteiger partial charge in [-0.3, -0.25) is 0 Å². The molecule has 0 saturated heterocycles. The fourth-order valence-corrected chi connectivity index (χ4v) is 3.33. The Hall–Kier alpha value is -2.47. The second-order valence-electron chi connectivity index (χ2n) is 5.46. The molecule has 1 aromatic heterocycles.